The van der Waals surface area contributed by atoms with Crippen LogP contribution in [0.25, 0.3) is 11.5 Å². The molecule has 2 heterocycles. The number of hydrogen-bond donors (Lipinski definition) is 2. The quantitative estimate of drug-likeness (QED) is 0.361. The van der Waals surface area contributed by atoms with Crippen LogP contribution in [0.4, 0.5) is 5.69 Å². The van der Waals surface area contributed by atoms with Crippen LogP contribution in [-0.4, -0.2) is 33.4 Å². The molecule has 36 heavy (non-hydrogen) atoms. The number of rotatable bonds is 9. The summed E-state index contributed by atoms with van der Waals surface area (Å²) in [5.74, 6) is 1.65. The smallest absolute Gasteiger partial charge is 0.270 e. The van der Waals surface area contributed by atoms with Gasteiger partial charge in [0.25, 0.3) is 5.91 Å². The second kappa shape index (κ2) is 11.3. The molecule has 0 atom stereocenters. The number of nitrogens with zero attached hydrogens (tertiary/aromatic N) is 3. The van der Waals surface area contributed by atoms with E-state index in [2.05, 4.69) is 25.6 Å². The van der Waals surface area contributed by atoms with Crippen LogP contribution in [0, 0.1) is 20.8 Å². The van der Waals surface area contributed by atoms with Crippen molar-refractivity contribution in [1.29, 1.82) is 0 Å². The highest BCUT2D eigenvalue weighted by Crippen LogP contribution is 2.29. The average Bonchev–Trinajstić information content (AvgIpc) is 3.23. The van der Waals surface area contributed by atoms with Gasteiger partial charge in [0.2, 0.25) is 11.8 Å². The van der Waals surface area contributed by atoms with Gasteiger partial charge in [-0.05, 0) is 51.1 Å². The van der Waals surface area contributed by atoms with Crippen molar-refractivity contribution in [3.8, 4) is 17.2 Å². The van der Waals surface area contributed by atoms with Crippen molar-refractivity contribution in [3.63, 3.8) is 0 Å². The molecule has 0 aliphatic carbocycles. The molecule has 0 saturated carbocycles. The topological polar surface area (TPSA) is 119 Å². The number of hydrogen-bond acceptors (Lipinski definition) is 7. The largest absolute Gasteiger partial charge is 0.493 e. The van der Waals surface area contributed by atoms with Crippen molar-refractivity contribution in [2.75, 3.05) is 11.9 Å². The molecule has 0 fully saturated rings. The third-order valence-corrected chi connectivity index (χ3v) is 5.28. The van der Waals surface area contributed by atoms with Gasteiger partial charge < -0.3 is 19.8 Å². The number of benzene rings is 2. The van der Waals surface area contributed by atoms with E-state index in [-0.39, 0.29) is 31.4 Å². The molecule has 0 radical (unpaired) electrons. The van der Waals surface area contributed by atoms with Crippen LogP contribution in [0.1, 0.15) is 39.9 Å². The molecule has 0 saturated heterocycles. The molecule has 0 spiro atoms. The molecule has 0 unspecified atom stereocenters. The Kier molecular flexibility index (Phi) is 7.69. The molecule has 4 aromatic rings. The van der Waals surface area contributed by atoms with Crippen molar-refractivity contribution in [2.24, 2.45) is 0 Å². The molecule has 4 rings (SSSR count). The first-order valence-corrected chi connectivity index (χ1v) is 11.5. The van der Waals surface area contributed by atoms with Crippen molar-refractivity contribution in [3.05, 3.63) is 89.3 Å². The normalized spacial score (nSPS) is 10.6. The van der Waals surface area contributed by atoms with Gasteiger partial charge in [-0.1, -0.05) is 30.3 Å². The lowest BCUT2D eigenvalue weighted by Crippen LogP contribution is -2.25. The minimum Gasteiger partial charge on any atom is -0.493 e. The van der Waals surface area contributed by atoms with Gasteiger partial charge in [-0.2, -0.15) is 0 Å². The van der Waals surface area contributed by atoms with Gasteiger partial charge in [0.1, 0.15) is 28.7 Å². The molecule has 0 bridgehead atoms. The van der Waals surface area contributed by atoms with Crippen molar-refractivity contribution >= 4 is 17.5 Å². The minimum atomic E-state index is -0.321. The first-order valence-electron chi connectivity index (χ1n) is 11.5. The highest BCUT2D eigenvalue weighted by Gasteiger charge is 2.17. The van der Waals surface area contributed by atoms with Crippen molar-refractivity contribution in [1.82, 2.24) is 20.3 Å². The average molecular weight is 486 g/mol. The Bertz CT molecular complexity index is 1350. The van der Waals surface area contributed by atoms with Gasteiger partial charge in [0.05, 0.1) is 30.8 Å². The Balaban J connectivity index is 1.40. The van der Waals surface area contributed by atoms with Gasteiger partial charge in [0.15, 0.2) is 0 Å². The third-order valence-electron chi connectivity index (χ3n) is 5.28. The van der Waals surface area contributed by atoms with Gasteiger partial charge in [-0.15, -0.1) is 0 Å². The molecule has 2 aromatic heterocycles. The zero-order chi connectivity index (χ0) is 25.5. The summed E-state index contributed by atoms with van der Waals surface area (Å²) in [5.41, 5.74) is 2.81. The summed E-state index contributed by atoms with van der Waals surface area (Å²) in [7, 11) is 0. The van der Waals surface area contributed by atoms with Crippen LogP contribution < -0.4 is 15.4 Å². The summed E-state index contributed by atoms with van der Waals surface area (Å²) >= 11 is 0. The fourth-order valence-electron chi connectivity index (χ4n) is 3.56. The number of para-hydroxylation sites is 2. The molecule has 2 N–H and O–H groups in total. The van der Waals surface area contributed by atoms with E-state index in [4.69, 9.17) is 9.15 Å². The first kappa shape index (κ1) is 24.6. The number of aryl methyl sites for hydroxylation is 3. The number of aromatic nitrogens is 3. The van der Waals surface area contributed by atoms with E-state index >= 15 is 0 Å². The van der Waals surface area contributed by atoms with E-state index in [1.54, 1.807) is 26.0 Å². The number of amides is 2. The van der Waals surface area contributed by atoms with Crippen molar-refractivity contribution in [2.45, 2.75) is 33.7 Å². The SMILES string of the molecule is Cc1cc(C(=O)NCc2nc(-c3ccccc3NC(=O)CCOc3ccccc3)oc2C)nc(C)n1. The summed E-state index contributed by atoms with van der Waals surface area (Å²) in [5, 5.41) is 5.73. The summed E-state index contributed by atoms with van der Waals surface area (Å²) < 4.78 is 11.5. The number of nitrogens with one attached hydrogen (secondary N) is 2. The van der Waals surface area contributed by atoms with E-state index in [9.17, 15) is 9.59 Å². The predicted molar refractivity (Wildman–Crippen MR) is 135 cm³/mol. The van der Waals surface area contributed by atoms with E-state index in [1.165, 1.54) is 0 Å². The van der Waals surface area contributed by atoms with Crippen LogP contribution in [0.5, 0.6) is 5.75 Å². The molecule has 184 valence electrons. The summed E-state index contributed by atoms with van der Waals surface area (Å²) in [6.07, 6.45) is 0.188. The standard InChI is InChI=1S/C27H27N5O4/c1-17-15-23(30-19(3)29-17)26(34)28-16-24-18(2)36-27(32-24)21-11-7-8-12-22(21)31-25(33)13-14-35-20-9-5-4-6-10-20/h4-12,15H,13-14,16H2,1-3H3,(H,28,34)(H,31,33). The maximum absolute atomic E-state index is 12.5. The van der Waals surface area contributed by atoms with Crippen molar-refractivity contribution < 1.29 is 18.7 Å². The Hall–Kier alpha value is -4.53. The molecule has 9 heteroatoms. The molecule has 0 aliphatic rings. The number of carbonyl (C=O) groups is 2. The fraction of sp³-hybridized carbons (Fsp3) is 0.222. The van der Waals surface area contributed by atoms with Crippen LogP contribution in [0.15, 0.2) is 65.1 Å². The number of anilines is 1. The van der Waals surface area contributed by atoms with E-state index in [0.29, 0.717) is 45.9 Å². The van der Waals surface area contributed by atoms with Gasteiger partial charge in [-0.25, -0.2) is 15.0 Å². The Morgan fingerprint density at radius 3 is 2.47 bits per heavy atom. The number of oxazole rings is 1. The van der Waals surface area contributed by atoms with Crippen LogP contribution in [0.3, 0.4) is 0 Å². The lowest BCUT2D eigenvalue weighted by atomic mass is 10.1. The molecule has 2 amide bonds. The minimum absolute atomic E-state index is 0.168. The zero-order valence-electron chi connectivity index (χ0n) is 20.4. The second-order valence-corrected chi connectivity index (χ2v) is 8.15. The Morgan fingerprint density at radius 1 is 0.944 bits per heavy atom. The highest BCUT2D eigenvalue weighted by molar-refractivity contribution is 5.94. The number of carbonyl (C=O) groups excluding carboxylic acids is 2. The van der Waals surface area contributed by atoms with Crippen LogP contribution in [-0.2, 0) is 11.3 Å². The molecular formula is C27H27N5O4. The highest BCUT2D eigenvalue weighted by atomic mass is 16.5. The lowest BCUT2D eigenvalue weighted by Gasteiger charge is -2.09. The van der Waals surface area contributed by atoms with E-state index < -0.39 is 0 Å². The van der Waals surface area contributed by atoms with E-state index in [0.717, 1.165) is 5.69 Å². The second-order valence-electron chi connectivity index (χ2n) is 8.15. The third kappa shape index (κ3) is 6.32. The summed E-state index contributed by atoms with van der Waals surface area (Å²) in [4.78, 5) is 38.0. The maximum Gasteiger partial charge on any atom is 0.270 e. The molecular weight excluding hydrogens is 458 g/mol. The van der Waals surface area contributed by atoms with Crippen LogP contribution >= 0.6 is 0 Å². The van der Waals surface area contributed by atoms with Crippen LogP contribution in [0.2, 0.25) is 0 Å². The molecule has 2 aromatic carbocycles. The molecule has 0 aliphatic heterocycles. The molecule has 9 nitrogen and oxygen atoms in total. The van der Waals surface area contributed by atoms with Gasteiger partial charge >= 0.3 is 0 Å². The maximum atomic E-state index is 12.5. The summed E-state index contributed by atoms with van der Waals surface area (Å²) in [6, 6.07) is 18.2. The fourth-order valence-corrected chi connectivity index (χ4v) is 3.56. The Morgan fingerprint density at radius 2 is 1.69 bits per heavy atom. The van der Waals surface area contributed by atoms with Gasteiger partial charge in [-0.3, -0.25) is 9.59 Å². The van der Waals surface area contributed by atoms with Gasteiger partial charge in [0, 0.05) is 5.69 Å². The predicted octanol–water partition coefficient (Wildman–Crippen LogP) is 4.39. The lowest BCUT2D eigenvalue weighted by molar-refractivity contribution is -0.116. The number of ether oxygens (including phenoxy) is 1. The summed E-state index contributed by atoms with van der Waals surface area (Å²) in [6.45, 7) is 5.75. The van der Waals surface area contributed by atoms with E-state index in [1.807, 2.05) is 55.5 Å². The zero-order valence-corrected chi connectivity index (χ0v) is 20.4. The Labute approximate surface area is 209 Å². The monoisotopic (exact) mass is 485 g/mol. The first-order chi connectivity index (χ1) is 17.4.